The van der Waals surface area contributed by atoms with Crippen molar-refractivity contribution in [2.24, 2.45) is 0 Å². The Morgan fingerprint density at radius 1 is 0.880 bits per heavy atom. The van der Waals surface area contributed by atoms with Crippen LogP contribution in [0, 0.1) is 0 Å². The molecule has 0 aliphatic heterocycles. The Balaban J connectivity index is 3.13. The summed E-state index contributed by atoms with van der Waals surface area (Å²) in [7, 11) is 0. The Hall–Kier alpha value is -0.451. The Bertz CT molecular complexity index is 472. The minimum atomic E-state index is -2.55. The van der Waals surface area contributed by atoms with Crippen molar-refractivity contribution in [1.82, 2.24) is 4.90 Å². The zero-order valence-electron chi connectivity index (χ0n) is 17.2. The minimum absolute atomic E-state index is 0.0536. The molecular weight excluding hydrogens is 417 g/mol. The van der Waals surface area contributed by atoms with Gasteiger partial charge in [0, 0.05) is 0 Å². The second kappa shape index (κ2) is 12.0. The van der Waals surface area contributed by atoms with Crippen molar-refractivity contribution in [2.75, 3.05) is 13.1 Å². The Morgan fingerprint density at radius 3 is 1.76 bits per heavy atom. The molecule has 0 spiro atoms. The van der Waals surface area contributed by atoms with Crippen LogP contribution in [0.25, 0.3) is 0 Å². The van der Waals surface area contributed by atoms with Gasteiger partial charge in [-0.2, -0.15) is 0 Å². The van der Waals surface area contributed by atoms with E-state index in [4.69, 9.17) is 4.42 Å². The first-order valence-corrected chi connectivity index (χ1v) is 18.0. The molecule has 4 heteroatoms. The number of hydrogen-bond acceptors (Lipinski definition) is 2. The van der Waals surface area contributed by atoms with Gasteiger partial charge in [0.2, 0.25) is 0 Å². The summed E-state index contributed by atoms with van der Waals surface area (Å²) in [4.78, 5) is 14.5. The molecule has 1 aromatic heterocycles. The van der Waals surface area contributed by atoms with Crippen LogP contribution in [0.2, 0.25) is 13.3 Å². The average Bonchev–Trinajstić information content (AvgIpc) is 3.13. The topological polar surface area (TPSA) is 33.5 Å². The number of unbranched alkanes of at least 4 members (excludes halogenated alkanes) is 3. The second-order valence-electron chi connectivity index (χ2n) is 7.23. The fraction of sp³-hybridized carbons (Fsp3) is 0.762. The average molecular weight is 456 g/mol. The molecule has 0 aromatic carbocycles. The normalized spacial score (nSPS) is 11.7. The van der Waals surface area contributed by atoms with E-state index in [9.17, 15) is 4.79 Å². The van der Waals surface area contributed by atoms with Gasteiger partial charge in [0.15, 0.2) is 0 Å². The van der Waals surface area contributed by atoms with Crippen LogP contribution in [0.4, 0.5) is 0 Å². The molecule has 1 heterocycles. The molecule has 0 bridgehead atoms. The van der Waals surface area contributed by atoms with Crippen molar-refractivity contribution in [3.8, 4) is 0 Å². The van der Waals surface area contributed by atoms with Gasteiger partial charge in [-0.15, -0.1) is 0 Å². The van der Waals surface area contributed by atoms with E-state index >= 15 is 0 Å². The summed E-state index contributed by atoms with van der Waals surface area (Å²) < 4.78 is 11.7. The molecule has 0 saturated carbocycles. The van der Waals surface area contributed by atoms with Crippen LogP contribution >= 0.6 is 0 Å². The SMILES string of the molecule is CCC[CH2][Sn]([CH2]CCC)([CH2]CCC)[c]1ccc(C(=O)N(CC)CC)o1. The van der Waals surface area contributed by atoms with Gasteiger partial charge >= 0.3 is 160 Å². The van der Waals surface area contributed by atoms with Crippen LogP contribution in [0.5, 0.6) is 0 Å². The monoisotopic (exact) mass is 457 g/mol. The van der Waals surface area contributed by atoms with Crippen LogP contribution in [-0.4, -0.2) is 42.3 Å². The van der Waals surface area contributed by atoms with Crippen LogP contribution < -0.4 is 3.78 Å². The first kappa shape index (κ1) is 22.6. The van der Waals surface area contributed by atoms with E-state index in [-0.39, 0.29) is 5.91 Å². The molecule has 0 fully saturated rings. The zero-order valence-corrected chi connectivity index (χ0v) is 20.1. The molecule has 0 unspecified atom stereocenters. The summed E-state index contributed by atoms with van der Waals surface area (Å²) >= 11 is -2.55. The molecular formula is C21H39NO2Sn. The van der Waals surface area contributed by atoms with Crippen molar-refractivity contribution in [3.05, 3.63) is 17.9 Å². The second-order valence-corrected chi connectivity index (χ2v) is 20.2. The van der Waals surface area contributed by atoms with Crippen LogP contribution in [0.1, 0.15) is 83.7 Å². The summed E-state index contributed by atoms with van der Waals surface area (Å²) in [5.41, 5.74) is 0. The summed E-state index contributed by atoms with van der Waals surface area (Å²) in [6.07, 6.45) is 7.69. The van der Waals surface area contributed by atoms with Crippen LogP contribution in [0.15, 0.2) is 16.5 Å². The molecule has 1 rings (SSSR count). The van der Waals surface area contributed by atoms with Gasteiger partial charge in [-0.3, -0.25) is 0 Å². The zero-order chi connectivity index (χ0) is 18.7. The standard InChI is InChI=1S/C9H12NO2.3C4H9.Sn/c1-3-10(4-2)9(11)8-6-5-7-12-8;3*1-3-4-2;/h5-6H,3-4H2,1-2H3;3*1,3-4H2,2H3;. The summed E-state index contributed by atoms with van der Waals surface area (Å²) in [5.74, 6) is 0.613. The molecule has 0 aliphatic carbocycles. The van der Waals surface area contributed by atoms with Gasteiger partial charge in [-0.05, 0) is 0 Å². The Morgan fingerprint density at radius 2 is 1.36 bits per heavy atom. The van der Waals surface area contributed by atoms with Crippen molar-refractivity contribution in [3.63, 3.8) is 0 Å². The van der Waals surface area contributed by atoms with Crippen molar-refractivity contribution in [1.29, 1.82) is 0 Å². The van der Waals surface area contributed by atoms with E-state index in [0.717, 1.165) is 13.1 Å². The van der Waals surface area contributed by atoms with E-state index < -0.39 is 18.4 Å². The molecule has 1 amide bonds. The number of carbonyl (C=O) groups excluding carboxylic acids is 1. The molecule has 144 valence electrons. The Labute approximate surface area is 159 Å². The third kappa shape index (κ3) is 6.33. The third-order valence-corrected chi connectivity index (χ3v) is 20.4. The first-order chi connectivity index (χ1) is 12.1. The summed E-state index contributed by atoms with van der Waals surface area (Å²) in [6, 6.07) is 4.12. The molecule has 0 N–H and O–H groups in total. The Kier molecular flexibility index (Phi) is 10.9. The van der Waals surface area contributed by atoms with Crippen molar-refractivity contribution in [2.45, 2.75) is 86.5 Å². The van der Waals surface area contributed by atoms with Crippen LogP contribution in [0.3, 0.4) is 0 Å². The first-order valence-electron chi connectivity index (χ1n) is 10.5. The van der Waals surface area contributed by atoms with Gasteiger partial charge in [0.05, 0.1) is 0 Å². The molecule has 1 aromatic rings. The van der Waals surface area contributed by atoms with Crippen molar-refractivity contribution < 1.29 is 9.21 Å². The van der Waals surface area contributed by atoms with E-state index in [1.165, 1.54) is 55.6 Å². The molecule has 0 atom stereocenters. The molecule has 0 radical (unpaired) electrons. The molecule has 25 heavy (non-hydrogen) atoms. The van der Waals surface area contributed by atoms with Crippen LogP contribution in [-0.2, 0) is 0 Å². The van der Waals surface area contributed by atoms with Gasteiger partial charge < -0.3 is 0 Å². The summed E-state index contributed by atoms with van der Waals surface area (Å²) in [5, 5.41) is 0. The third-order valence-electron chi connectivity index (χ3n) is 5.42. The molecule has 3 nitrogen and oxygen atoms in total. The predicted octanol–water partition coefficient (Wildman–Crippen LogP) is 5.82. The molecule has 0 saturated heterocycles. The quantitative estimate of drug-likeness (QED) is 0.351. The maximum atomic E-state index is 12.6. The summed E-state index contributed by atoms with van der Waals surface area (Å²) in [6.45, 7) is 12.4. The van der Waals surface area contributed by atoms with Crippen molar-refractivity contribution >= 4 is 28.1 Å². The predicted molar refractivity (Wildman–Crippen MR) is 110 cm³/mol. The number of nitrogens with zero attached hydrogens (tertiary/aromatic N) is 1. The number of rotatable bonds is 13. The van der Waals surface area contributed by atoms with Gasteiger partial charge in [-0.25, -0.2) is 0 Å². The van der Waals surface area contributed by atoms with E-state index in [0.29, 0.717) is 5.76 Å². The van der Waals surface area contributed by atoms with Gasteiger partial charge in [0.1, 0.15) is 0 Å². The number of amides is 1. The van der Waals surface area contributed by atoms with E-state index in [2.05, 4.69) is 26.8 Å². The van der Waals surface area contributed by atoms with E-state index in [1.807, 2.05) is 24.8 Å². The van der Waals surface area contributed by atoms with E-state index in [1.54, 1.807) is 0 Å². The number of carbonyl (C=O) groups is 1. The van der Waals surface area contributed by atoms with Gasteiger partial charge in [0.25, 0.3) is 0 Å². The van der Waals surface area contributed by atoms with Gasteiger partial charge in [-0.1, -0.05) is 0 Å². The fourth-order valence-corrected chi connectivity index (χ4v) is 18.9. The maximum absolute atomic E-state index is 12.6. The number of furan rings is 1. The fourth-order valence-electron chi connectivity index (χ4n) is 3.69. The molecule has 0 aliphatic rings. The number of hydrogen-bond donors (Lipinski definition) is 0.